The Morgan fingerprint density at radius 2 is 2.33 bits per heavy atom. The standard InChI is InChI=1S/C21H28N4O2/c1-2-20-22-10-12-25(20)18-4-3-11-24(15-18)21(26)23-9-7-16-5-6-19-17(14-16)8-13-27-19/h5-6,10,12,14,18H,2-4,7-9,11,13,15H2,1H3,(H,23,26). The molecule has 27 heavy (non-hydrogen) atoms. The first-order chi connectivity index (χ1) is 13.2. The molecule has 144 valence electrons. The lowest BCUT2D eigenvalue weighted by Crippen LogP contribution is -2.46. The van der Waals surface area contributed by atoms with Crippen molar-refractivity contribution in [2.24, 2.45) is 0 Å². The van der Waals surface area contributed by atoms with Gasteiger partial charge in [-0.1, -0.05) is 19.1 Å². The number of likely N-dealkylation sites (tertiary alicyclic amines) is 1. The zero-order chi connectivity index (χ0) is 18.6. The highest BCUT2D eigenvalue weighted by Crippen LogP contribution is 2.26. The zero-order valence-corrected chi connectivity index (χ0v) is 16.0. The summed E-state index contributed by atoms with van der Waals surface area (Å²) in [5.41, 5.74) is 2.53. The first-order valence-electron chi connectivity index (χ1n) is 10.0. The molecule has 1 N–H and O–H groups in total. The Morgan fingerprint density at radius 3 is 3.22 bits per heavy atom. The second-order valence-electron chi connectivity index (χ2n) is 7.37. The van der Waals surface area contributed by atoms with Crippen LogP contribution in [0.15, 0.2) is 30.6 Å². The fourth-order valence-electron chi connectivity index (χ4n) is 4.14. The topological polar surface area (TPSA) is 59.4 Å². The van der Waals surface area contributed by atoms with E-state index in [4.69, 9.17) is 4.74 Å². The van der Waals surface area contributed by atoms with E-state index in [9.17, 15) is 4.79 Å². The number of benzene rings is 1. The largest absolute Gasteiger partial charge is 0.493 e. The van der Waals surface area contributed by atoms with E-state index in [-0.39, 0.29) is 6.03 Å². The lowest BCUT2D eigenvalue weighted by atomic mass is 10.1. The third-order valence-corrected chi connectivity index (χ3v) is 5.59. The van der Waals surface area contributed by atoms with Gasteiger partial charge in [0.15, 0.2) is 0 Å². The summed E-state index contributed by atoms with van der Waals surface area (Å²) >= 11 is 0. The Bertz CT molecular complexity index is 801. The van der Waals surface area contributed by atoms with Crippen molar-refractivity contribution < 1.29 is 9.53 Å². The van der Waals surface area contributed by atoms with Crippen molar-refractivity contribution in [3.8, 4) is 5.75 Å². The van der Waals surface area contributed by atoms with E-state index in [0.29, 0.717) is 12.6 Å². The summed E-state index contributed by atoms with van der Waals surface area (Å²) < 4.78 is 7.79. The monoisotopic (exact) mass is 368 g/mol. The van der Waals surface area contributed by atoms with Gasteiger partial charge in [0.25, 0.3) is 0 Å². The lowest BCUT2D eigenvalue weighted by Gasteiger charge is -2.34. The molecule has 0 spiro atoms. The summed E-state index contributed by atoms with van der Waals surface area (Å²) in [6.07, 6.45) is 8.79. The van der Waals surface area contributed by atoms with Crippen LogP contribution in [0, 0.1) is 0 Å². The molecule has 6 nitrogen and oxygen atoms in total. The molecular weight excluding hydrogens is 340 g/mol. The van der Waals surface area contributed by atoms with E-state index >= 15 is 0 Å². The molecule has 6 heteroatoms. The number of hydrogen-bond donors (Lipinski definition) is 1. The molecular formula is C21H28N4O2. The average Bonchev–Trinajstić information content (AvgIpc) is 3.36. The Balaban J connectivity index is 1.29. The van der Waals surface area contributed by atoms with Crippen LogP contribution in [-0.4, -0.2) is 46.7 Å². The van der Waals surface area contributed by atoms with E-state index < -0.39 is 0 Å². The van der Waals surface area contributed by atoms with E-state index in [1.807, 2.05) is 23.4 Å². The van der Waals surface area contributed by atoms with Gasteiger partial charge in [-0.25, -0.2) is 9.78 Å². The number of aryl methyl sites for hydroxylation is 1. The summed E-state index contributed by atoms with van der Waals surface area (Å²) in [6.45, 7) is 5.14. The van der Waals surface area contributed by atoms with Gasteiger partial charge in [0.2, 0.25) is 0 Å². The molecule has 4 rings (SSSR count). The van der Waals surface area contributed by atoms with Gasteiger partial charge < -0.3 is 19.5 Å². The van der Waals surface area contributed by atoms with Crippen molar-refractivity contribution in [2.45, 2.75) is 45.1 Å². The number of aromatic nitrogens is 2. The van der Waals surface area contributed by atoms with Crippen LogP contribution in [0.4, 0.5) is 4.79 Å². The van der Waals surface area contributed by atoms with Crippen LogP contribution in [0.3, 0.4) is 0 Å². The van der Waals surface area contributed by atoms with Crippen molar-refractivity contribution >= 4 is 6.03 Å². The number of ether oxygens (including phenoxy) is 1. The predicted octanol–water partition coefficient (Wildman–Crippen LogP) is 2.97. The Kier molecular flexibility index (Phi) is 5.32. The minimum atomic E-state index is 0.0438. The predicted molar refractivity (Wildman–Crippen MR) is 104 cm³/mol. The van der Waals surface area contributed by atoms with Crippen molar-refractivity contribution in [2.75, 3.05) is 26.2 Å². The van der Waals surface area contributed by atoms with Crippen LogP contribution in [0.25, 0.3) is 0 Å². The normalized spacial score (nSPS) is 18.9. The van der Waals surface area contributed by atoms with Gasteiger partial charge in [-0.05, 0) is 36.5 Å². The lowest BCUT2D eigenvalue weighted by molar-refractivity contribution is 0.166. The molecule has 0 bridgehead atoms. The summed E-state index contributed by atoms with van der Waals surface area (Å²) in [7, 11) is 0. The SMILES string of the molecule is CCc1nccn1C1CCCN(C(=O)NCCc2ccc3c(c2)CCO3)C1. The van der Waals surface area contributed by atoms with Gasteiger partial charge >= 0.3 is 6.03 Å². The third-order valence-electron chi connectivity index (χ3n) is 5.59. The van der Waals surface area contributed by atoms with Gasteiger partial charge in [-0.15, -0.1) is 0 Å². The molecule has 1 fully saturated rings. The highest BCUT2D eigenvalue weighted by atomic mass is 16.5. The molecule has 0 saturated carbocycles. The van der Waals surface area contributed by atoms with Gasteiger partial charge in [-0.2, -0.15) is 0 Å². The smallest absolute Gasteiger partial charge is 0.317 e. The molecule has 2 aliphatic heterocycles. The first kappa shape index (κ1) is 17.9. The molecule has 3 heterocycles. The first-order valence-corrected chi connectivity index (χ1v) is 10.0. The molecule has 2 amide bonds. The van der Waals surface area contributed by atoms with Crippen molar-refractivity contribution in [1.82, 2.24) is 19.8 Å². The maximum absolute atomic E-state index is 12.6. The number of nitrogens with one attached hydrogen (secondary N) is 1. The molecule has 2 aromatic rings. The highest BCUT2D eigenvalue weighted by Gasteiger charge is 2.25. The van der Waals surface area contributed by atoms with Crippen molar-refractivity contribution in [1.29, 1.82) is 0 Å². The second-order valence-corrected chi connectivity index (χ2v) is 7.37. The number of fused-ring (bicyclic) bond motifs is 1. The van der Waals surface area contributed by atoms with Crippen LogP contribution in [-0.2, 0) is 19.3 Å². The second kappa shape index (κ2) is 8.03. The number of amides is 2. The number of hydrogen-bond acceptors (Lipinski definition) is 3. The molecule has 1 aromatic carbocycles. The molecule has 0 radical (unpaired) electrons. The van der Waals surface area contributed by atoms with Gasteiger partial charge in [-0.3, -0.25) is 0 Å². The Hall–Kier alpha value is -2.50. The summed E-state index contributed by atoms with van der Waals surface area (Å²) in [5.74, 6) is 2.11. The number of urea groups is 1. The van der Waals surface area contributed by atoms with E-state index in [0.717, 1.165) is 63.4 Å². The Morgan fingerprint density at radius 1 is 1.41 bits per heavy atom. The average molecular weight is 368 g/mol. The molecule has 1 unspecified atom stereocenters. The third kappa shape index (κ3) is 3.94. The fraction of sp³-hybridized carbons (Fsp3) is 0.524. The minimum Gasteiger partial charge on any atom is -0.493 e. The summed E-state index contributed by atoms with van der Waals surface area (Å²) in [4.78, 5) is 19.0. The summed E-state index contributed by atoms with van der Waals surface area (Å²) in [5, 5.41) is 3.09. The van der Waals surface area contributed by atoms with Crippen molar-refractivity contribution in [3.05, 3.63) is 47.5 Å². The number of carbonyl (C=O) groups is 1. The fourth-order valence-corrected chi connectivity index (χ4v) is 4.14. The number of imidazole rings is 1. The molecule has 1 saturated heterocycles. The summed E-state index contributed by atoms with van der Waals surface area (Å²) in [6, 6.07) is 6.72. The number of nitrogens with zero attached hydrogens (tertiary/aromatic N) is 3. The minimum absolute atomic E-state index is 0.0438. The number of rotatable bonds is 5. The van der Waals surface area contributed by atoms with Gasteiger partial charge in [0.1, 0.15) is 11.6 Å². The van der Waals surface area contributed by atoms with Crippen molar-refractivity contribution in [3.63, 3.8) is 0 Å². The van der Waals surface area contributed by atoms with Gasteiger partial charge in [0.05, 0.1) is 12.6 Å². The number of piperidine rings is 1. The van der Waals surface area contributed by atoms with E-state index in [2.05, 4.69) is 33.9 Å². The maximum Gasteiger partial charge on any atom is 0.317 e. The van der Waals surface area contributed by atoms with E-state index in [1.165, 1.54) is 11.1 Å². The maximum atomic E-state index is 12.6. The number of carbonyl (C=O) groups excluding carboxylic acids is 1. The van der Waals surface area contributed by atoms with Gasteiger partial charge in [0, 0.05) is 44.9 Å². The quantitative estimate of drug-likeness (QED) is 0.883. The van der Waals surface area contributed by atoms with Crippen LogP contribution < -0.4 is 10.1 Å². The molecule has 2 aliphatic rings. The molecule has 1 atom stereocenters. The molecule has 0 aliphatic carbocycles. The van der Waals surface area contributed by atoms with Crippen LogP contribution in [0.2, 0.25) is 0 Å². The van der Waals surface area contributed by atoms with Crippen LogP contribution >= 0.6 is 0 Å². The van der Waals surface area contributed by atoms with Crippen LogP contribution in [0.5, 0.6) is 5.75 Å². The zero-order valence-electron chi connectivity index (χ0n) is 16.0. The van der Waals surface area contributed by atoms with E-state index in [1.54, 1.807) is 0 Å². The van der Waals surface area contributed by atoms with Crippen LogP contribution in [0.1, 0.15) is 42.8 Å². The highest BCUT2D eigenvalue weighted by molar-refractivity contribution is 5.74. The molecule has 1 aromatic heterocycles. The Labute approximate surface area is 160 Å².